The van der Waals surface area contributed by atoms with Gasteiger partial charge in [-0.3, -0.25) is 0 Å². The highest BCUT2D eigenvalue weighted by Gasteiger charge is 2.15. The second-order valence-electron chi connectivity index (χ2n) is 10.8. The van der Waals surface area contributed by atoms with Crippen LogP contribution in [0.4, 0.5) is 17.1 Å². The van der Waals surface area contributed by atoms with Crippen molar-refractivity contribution in [3.8, 4) is 33.7 Å². The van der Waals surface area contributed by atoms with Crippen LogP contribution in [0.25, 0.3) is 55.6 Å². The molecule has 0 bridgehead atoms. The molecular weight excluding hydrogens is 536 g/mol. The van der Waals surface area contributed by atoms with Crippen LogP contribution < -0.4 is 4.90 Å². The summed E-state index contributed by atoms with van der Waals surface area (Å²) < 4.78 is 6.33. The minimum atomic E-state index is 0.640. The van der Waals surface area contributed by atoms with E-state index >= 15 is 0 Å². The Morgan fingerprint density at radius 1 is 0.386 bits per heavy atom. The fraction of sp³-hybridized carbons (Fsp3) is 0. The first-order valence-corrected chi connectivity index (χ1v) is 14.8. The number of hydrogen-bond acceptors (Lipinski definition) is 3. The summed E-state index contributed by atoms with van der Waals surface area (Å²) in [5, 5.41) is 2.20. The average molecular weight is 565 g/mol. The molecule has 7 aromatic carbocycles. The number of nitrogens with zero attached hydrogens (tertiary/aromatic N) is 2. The predicted octanol–water partition coefficient (Wildman–Crippen LogP) is 11.5. The molecule has 0 atom stereocenters. The first-order chi connectivity index (χ1) is 21.8. The normalized spacial score (nSPS) is 11.2. The van der Waals surface area contributed by atoms with Crippen molar-refractivity contribution >= 4 is 38.9 Å². The lowest BCUT2D eigenvalue weighted by Gasteiger charge is -2.26. The van der Waals surface area contributed by atoms with Crippen LogP contribution in [0.3, 0.4) is 0 Å². The van der Waals surface area contributed by atoms with Crippen molar-refractivity contribution in [1.82, 2.24) is 4.98 Å². The second kappa shape index (κ2) is 11.0. The monoisotopic (exact) mass is 564 g/mol. The van der Waals surface area contributed by atoms with Gasteiger partial charge in [-0.2, -0.15) is 0 Å². The van der Waals surface area contributed by atoms with E-state index in [0.29, 0.717) is 5.89 Å². The van der Waals surface area contributed by atoms with Crippen LogP contribution in [-0.2, 0) is 0 Å². The Morgan fingerprint density at radius 2 is 0.932 bits per heavy atom. The van der Waals surface area contributed by atoms with E-state index < -0.39 is 0 Å². The van der Waals surface area contributed by atoms with Gasteiger partial charge in [-0.15, -0.1) is 0 Å². The molecular formula is C41H28N2O. The van der Waals surface area contributed by atoms with Crippen molar-refractivity contribution in [2.75, 3.05) is 4.90 Å². The Morgan fingerprint density at radius 3 is 1.59 bits per heavy atom. The van der Waals surface area contributed by atoms with E-state index in [0.717, 1.165) is 55.6 Å². The van der Waals surface area contributed by atoms with E-state index in [4.69, 9.17) is 9.40 Å². The number of para-hydroxylation sites is 1. The molecule has 0 unspecified atom stereocenters. The highest BCUT2D eigenvalue weighted by Crippen LogP contribution is 2.39. The Kier molecular flexibility index (Phi) is 6.47. The third-order valence-electron chi connectivity index (χ3n) is 8.12. The quantitative estimate of drug-likeness (QED) is 0.201. The maximum absolute atomic E-state index is 6.33. The van der Waals surface area contributed by atoms with E-state index in [2.05, 4.69) is 138 Å². The van der Waals surface area contributed by atoms with Crippen LogP contribution in [0.1, 0.15) is 0 Å². The SMILES string of the molecule is c1ccc(-c2ccc(N(c3ccccc3)c3ccc(-c4cccc5c4ccc4nc(-c6ccccc6)oc45)cc3)cc2)cc1. The van der Waals surface area contributed by atoms with Gasteiger partial charge in [0.2, 0.25) is 5.89 Å². The van der Waals surface area contributed by atoms with Crippen LogP contribution in [0.15, 0.2) is 174 Å². The number of anilines is 3. The summed E-state index contributed by atoms with van der Waals surface area (Å²) in [6, 6.07) is 59.3. The van der Waals surface area contributed by atoms with Crippen molar-refractivity contribution in [3.05, 3.63) is 170 Å². The van der Waals surface area contributed by atoms with Gasteiger partial charge in [0.15, 0.2) is 5.58 Å². The molecule has 8 rings (SSSR count). The van der Waals surface area contributed by atoms with Gasteiger partial charge in [0.1, 0.15) is 5.52 Å². The Bertz CT molecular complexity index is 2190. The third kappa shape index (κ3) is 4.71. The molecule has 0 fully saturated rings. The maximum Gasteiger partial charge on any atom is 0.227 e. The summed E-state index contributed by atoms with van der Waals surface area (Å²) in [4.78, 5) is 7.07. The Labute approximate surface area is 256 Å². The molecule has 8 aromatic rings. The summed E-state index contributed by atoms with van der Waals surface area (Å²) in [6.07, 6.45) is 0. The fourth-order valence-electron chi connectivity index (χ4n) is 5.95. The van der Waals surface area contributed by atoms with Crippen molar-refractivity contribution in [3.63, 3.8) is 0 Å². The van der Waals surface area contributed by atoms with Gasteiger partial charge in [0.05, 0.1) is 0 Å². The first-order valence-electron chi connectivity index (χ1n) is 14.8. The van der Waals surface area contributed by atoms with E-state index in [1.165, 1.54) is 11.1 Å². The molecule has 208 valence electrons. The zero-order chi connectivity index (χ0) is 29.3. The van der Waals surface area contributed by atoms with E-state index in [-0.39, 0.29) is 0 Å². The lowest BCUT2D eigenvalue weighted by molar-refractivity contribution is 0.623. The molecule has 1 aromatic heterocycles. The second-order valence-corrected chi connectivity index (χ2v) is 10.8. The molecule has 0 amide bonds. The topological polar surface area (TPSA) is 29.3 Å². The van der Waals surface area contributed by atoms with Crippen molar-refractivity contribution in [2.24, 2.45) is 0 Å². The van der Waals surface area contributed by atoms with Crippen molar-refractivity contribution < 1.29 is 4.42 Å². The molecule has 3 nitrogen and oxygen atoms in total. The summed E-state index contributed by atoms with van der Waals surface area (Å²) in [5.74, 6) is 0.640. The lowest BCUT2D eigenvalue weighted by Crippen LogP contribution is -2.09. The van der Waals surface area contributed by atoms with Gasteiger partial charge in [0, 0.05) is 28.0 Å². The van der Waals surface area contributed by atoms with Gasteiger partial charge in [-0.05, 0) is 82.2 Å². The van der Waals surface area contributed by atoms with Crippen LogP contribution in [0.2, 0.25) is 0 Å². The highest BCUT2D eigenvalue weighted by atomic mass is 16.3. The molecule has 0 radical (unpaired) electrons. The van der Waals surface area contributed by atoms with Crippen LogP contribution >= 0.6 is 0 Å². The first kappa shape index (κ1) is 25.8. The van der Waals surface area contributed by atoms with Crippen LogP contribution in [0.5, 0.6) is 0 Å². The number of rotatable bonds is 6. The third-order valence-corrected chi connectivity index (χ3v) is 8.12. The zero-order valence-corrected chi connectivity index (χ0v) is 24.0. The van der Waals surface area contributed by atoms with Gasteiger partial charge in [-0.25, -0.2) is 4.98 Å². The number of hydrogen-bond donors (Lipinski definition) is 0. The molecule has 3 heteroatoms. The van der Waals surface area contributed by atoms with E-state index in [1.807, 2.05) is 36.4 Å². The number of oxazole rings is 1. The zero-order valence-electron chi connectivity index (χ0n) is 24.0. The van der Waals surface area contributed by atoms with Gasteiger partial charge < -0.3 is 9.32 Å². The number of benzene rings is 7. The lowest BCUT2D eigenvalue weighted by atomic mass is 9.97. The van der Waals surface area contributed by atoms with Crippen molar-refractivity contribution in [1.29, 1.82) is 0 Å². The minimum absolute atomic E-state index is 0.640. The predicted molar refractivity (Wildman–Crippen MR) is 183 cm³/mol. The Balaban J connectivity index is 1.17. The van der Waals surface area contributed by atoms with Gasteiger partial charge >= 0.3 is 0 Å². The standard InChI is InChI=1S/C41H28N2O/c1-4-11-29(12-5-1)30-19-23-34(24-20-30)43(33-15-8-3-9-16-33)35-25-21-31(22-26-35)36-17-10-18-38-37(36)27-28-39-40(38)44-41(42-39)32-13-6-2-7-14-32/h1-28H. The van der Waals surface area contributed by atoms with Crippen molar-refractivity contribution in [2.45, 2.75) is 0 Å². The summed E-state index contributed by atoms with van der Waals surface area (Å²) >= 11 is 0. The molecule has 1 heterocycles. The Hall–Kier alpha value is -5.93. The number of aromatic nitrogens is 1. The minimum Gasteiger partial charge on any atom is -0.435 e. The van der Waals surface area contributed by atoms with E-state index in [9.17, 15) is 0 Å². The smallest absolute Gasteiger partial charge is 0.227 e. The highest BCUT2D eigenvalue weighted by molar-refractivity contribution is 6.09. The molecule has 0 aliphatic rings. The molecule has 0 spiro atoms. The maximum atomic E-state index is 6.33. The van der Waals surface area contributed by atoms with E-state index in [1.54, 1.807) is 0 Å². The summed E-state index contributed by atoms with van der Waals surface area (Å²) in [6.45, 7) is 0. The molecule has 0 saturated carbocycles. The van der Waals surface area contributed by atoms with Crippen LogP contribution in [0, 0.1) is 0 Å². The molecule has 0 saturated heterocycles. The summed E-state index contributed by atoms with van der Waals surface area (Å²) in [5.41, 5.74) is 10.7. The largest absolute Gasteiger partial charge is 0.435 e. The molecule has 0 aliphatic carbocycles. The van der Waals surface area contributed by atoms with Gasteiger partial charge in [0.25, 0.3) is 0 Å². The number of fused-ring (bicyclic) bond motifs is 3. The molecule has 44 heavy (non-hydrogen) atoms. The van der Waals surface area contributed by atoms with Crippen LogP contribution in [-0.4, -0.2) is 4.98 Å². The average Bonchev–Trinajstić information content (AvgIpc) is 3.56. The van der Waals surface area contributed by atoms with Gasteiger partial charge in [-0.1, -0.05) is 115 Å². The summed E-state index contributed by atoms with van der Waals surface area (Å²) in [7, 11) is 0. The molecule has 0 N–H and O–H groups in total. The molecule has 0 aliphatic heterocycles. The fourth-order valence-corrected chi connectivity index (χ4v) is 5.95.